The molecule has 0 aromatic heterocycles. The van der Waals surface area contributed by atoms with E-state index in [1.807, 2.05) is 0 Å². The predicted molar refractivity (Wildman–Crippen MR) is 73.9 cm³/mol. The summed E-state index contributed by atoms with van der Waals surface area (Å²) < 4.78 is 4.99. The zero-order valence-corrected chi connectivity index (χ0v) is 13.3. The number of nitrogens with two attached hydrogens (primary N) is 1. The second-order valence-electron chi connectivity index (χ2n) is 6.47. The molecular formula is C13H24N2O6. The van der Waals surface area contributed by atoms with Gasteiger partial charge in [0.2, 0.25) is 5.91 Å². The third kappa shape index (κ3) is 10.6. The Hall–Kier alpha value is -1.83. The summed E-state index contributed by atoms with van der Waals surface area (Å²) >= 11 is 0. The molecule has 0 fully saturated rings. The SMILES string of the molecule is CC(C)(C)OOC(=O)[C@H](CC(N)=O)NC(=O)OC(C)(C)C. The number of hydrogen-bond acceptors (Lipinski definition) is 6. The maximum absolute atomic E-state index is 11.8. The van der Waals surface area contributed by atoms with E-state index in [2.05, 4.69) is 10.2 Å². The van der Waals surface area contributed by atoms with Crippen LogP contribution in [0, 0.1) is 0 Å². The number of alkyl carbamates (subject to hydrolysis) is 1. The van der Waals surface area contributed by atoms with Gasteiger partial charge in [0, 0.05) is 0 Å². The van der Waals surface area contributed by atoms with E-state index in [9.17, 15) is 14.4 Å². The minimum atomic E-state index is -1.28. The normalized spacial score (nSPS) is 13.2. The van der Waals surface area contributed by atoms with Crippen molar-refractivity contribution < 1.29 is 28.9 Å². The molecule has 0 saturated carbocycles. The van der Waals surface area contributed by atoms with Crippen LogP contribution in [-0.4, -0.2) is 35.2 Å². The fourth-order valence-electron chi connectivity index (χ4n) is 1.07. The van der Waals surface area contributed by atoms with Crippen molar-refractivity contribution in [2.45, 2.75) is 65.2 Å². The number of primary amides is 1. The second kappa shape index (κ2) is 7.26. The summed E-state index contributed by atoms with van der Waals surface area (Å²) in [6.07, 6.45) is -1.28. The fourth-order valence-corrected chi connectivity index (χ4v) is 1.07. The van der Waals surface area contributed by atoms with E-state index in [0.717, 1.165) is 0 Å². The van der Waals surface area contributed by atoms with Crippen molar-refractivity contribution in [3.63, 3.8) is 0 Å². The highest BCUT2D eigenvalue weighted by Gasteiger charge is 2.29. The minimum Gasteiger partial charge on any atom is -0.444 e. The standard InChI is InChI=1S/C13H24N2O6/c1-12(2,3)19-11(18)15-8(7-9(14)16)10(17)20-21-13(4,5)6/h8H,7H2,1-6H3,(H2,14,16)(H,15,18)/t8-/m0/s1. The molecule has 2 amide bonds. The summed E-state index contributed by atoms with van der Waals surface area (Å²) in [6, 6.07) is -1.28. The molecule has 0 aliphatic carbocycles. The molecule has 0 aromatic rings. The van der Waals surface area contributed by atoms with Crippen LogP contribution in [0.25, 0.3) is 0 Å². The van der Waals surface area contributed by atoms with Crippen LogP contribution in [0.5, 0.6) is 0 Å². The summed E-state index contributed by atoms with van der Waals surface area (Å²) in [5.41, 5.74) is 3.57. The molecule has 0 aromatic carbocycles. The van der Waals surface area contributed by atoms with Gasteiger partial charge in [-0.1, -0.05) is 0 Å². The lowest BCUT2D eigenvalue weighted by Gasteiger charge is -2.23. The first-order valence-corrected chi connectivity index (χ1v) is 6.47. The highest BCUT2D eigenvalue weighted by atomic mass is 17.2. The van der Waals surface area contributed by atoms with E-state index in [1.54, 1.807) is 41.5 Å². The van der Waals surface area contributed by atoms with Crippen LogP contribution >= 0.6 is 0 Å². The first-order chi connectivity index (χ1) is 9.30. The Morgan fingerprint density at radius 3 is 1.95 bits per heavy atom. The maximum Gasteiger partial charge on any atom is 0.408 e. The van der Waals surface area contributed by atoms with E-state index in [1.165, 1.54) is 0 Å². The smallest absolute Gasteiger partial charge is 0.408 e. The lowest BCUT2D eigenvalue weighted by atomic mass is 10.2. The molecule has 122 valence electrons. The van der Waals surface area contributed by atoms with Gasteiger partial charge in [-0.05, 0) is 41.5 Å². The van der Waals surface area contributed by atoms with Crippen LogP contribution in [0.1, 0.15) is 48.0 Å². The van der Waals surface area contributed by atoms with Gasteiger partial charge in [0.15, 0.2) is 0 Å². The summed E-state index contributed by atoms with van der Waals surface area (Å²) in [6.45, 7) is 10.0. The van der Waals surface area contributed by atoms with E-state index < -0.39 is 41.6 Å². The zero-order valence-electron chi connectivity index (χ0n) is 13.3. The van der Waals surface area contributed by atoms with Gasteiger partial charge < -0.3 is 15.8 Å². The molecule has 0 saturated heterocycles. The number of nitrogens with one attached hydrogen (secondary N) is 1. The van der Waals surface area contributed by atoms with Crippen molar-refractivity contribution in [1.82, 2.24) is 5.32 Å². The van der Waals surface area contributed by atoms with Crippen LogP contribution < -0.4 is 11.1 Å². The Morgan fingerprint density at radius 2 is 1.57 bits per heavy atom. The minimum absolute atomic E-state index is 0.425. The molecule has 3 N–H and O–H groups in total. The number of hydrogen-bond donors (Lipinski definition) is 2. The van der Waals surface area contributed by atoms with Gasteiger partial charge in [0.05, 0.1) is 6.42 Å². The molecule has 0 spiro atoms. The number of amides is 2. The van der Waals surface area contributed by atoms with Crippen LogP contribution in [0.4, 0.5) is 4.79 Å². The summed E-state index contributed by atoms with van der Waals surface area (Å²) in [5, 5.41) is 2.22. The van der Waals surface area contributed by atoms with Crippen LogP contribution in [0.15, 0.2) is 0 Å². The van der Waals surface area contributed by atoms with E-state index in [0.29, 0.717) is 0 Å². The molecule has 8 heteroatoms. The Bertz CT molecular complexity index is 394. The summed E-state index contributed by atoms with van der Waals surface area (Å²) in [4.78, 5) is 43.8. The number of ether oxygens (including phenoxy) is 1. The fraction of sp³-hybridized carbons (Fsp3) is 0.769. The highest BCUT2D eigenvalue weighted by Crippen LogP contribution is 2.10. The molecule has 0 aliphatic heterocycles. The van der Waals surface area contributed by atoms with Crippen molar-refractivity contribution in [2.24, 2.45) is 5.73 Å². The van der Waals surface area contributed by atoms with Gasteiger partial charge in [-0.25, -0.2) is 9.59 Å². The van der Waals surface area contributed by atoms with Gasteiger partial charge in [0.25, 0.3) is 0 Å². The third-order valence-corrected chi connectivity index (χ3v) is 1.75. The quantitative estimate of drug-likeness (QED) is 0.578. The molecule has 0 bridgehead atoms. The van der Waals surface area contributed by atoms with Crippen LogP contribution in [-0.2, 0) is 24.1 Å². The second-order valence-corrected chi connectivity index (χ2v) is 6.47. The van der Waals surface area contributed by atoms with Crippen molar-refractivity contribution in [1.29, 1.82) is 0 Å². The Kier molecular flexibility index (Phi) is 6.62. The molecular weight excluding hydrogens is 280 g/mol. The topological polar surface area (TPSA) is 117 Å². The van der Waals surface area contributed by atoms with Crippen molar-refractivity contribution in [3.05, 3.63) is 0 Å². The molecule has 0 rings (SSSR count). The molecule has 0 heterocycles. The Morgan fingerprint density at radius 1 is 1.05 bits per heavy atom. The molecule has 8 nitrogen and oxygen atoms in total. The Balaban J connectivity index is 4.68. The van der Waals surface area contributed by atoms with E-state index >= 15 is 0 Å². The maximum atomic E-state index is 11.8. The van der Waals surface area contributed by atoms with E-state index in [-0.39, 0.29) is 0 Å². The Labute approximate surface area is 124 Å². The van der Waals surface area contributed by atoms with Crippen molar-refractivity contribution >= 4 is 18.0 Å². The van der Waals surface area contributed by atoms with Crippen LogP contribution in [0.3, 0.4) is 0 Å². The molecule has 0 unspecified atom stereocenters. The van der Waals surface area contributed by atoms with Gasteiger partial charge in [-0.2, -0.15) is 4.89 Å². The van der Waals surface area contributed by atoms with Gasteiger partial charge in [-0.15, -0.1) is 0 Å². The molecule has 21 heavy (non-hydrogen) atoms. The average Bonchev–Trinajstić information content (AvgIpc) is 2.20. The first kappa shape index (κ1) is 19.2. The average molecular weight is 304 g/mol. The molecule has 0 radical (unpaired) electrons. The zero-order chi connectivity index (χ0) is 16.8. The summed E-state index contributed by atoms with van der Waals surface area (Å²) in [5.74, 6) is -1.71. The van der Waals surface area contributed by atoms with Crippen molar-refractivity contribution in [3.8, 4) is 0 Å². The first-order valence-electron chi connectivity index (χ1n) is 6.47. The lowest BCUT2D eigenvalue weighted by Crippen LogP contribution is -2.46. The van der Waals surface area contributed by atoms with E-state index in [4.69, 9.17) is 15.4 Å². The van der Waals surface area contributed by atoms with Crippen LogP contribution in [0.2, 0.25) is 0 Å². The van der Waals surface area contributed by atoms with Crippen molar-refractivity contribution in [2.75, 3.05) is 0 Å². The predicted octanol–water partition coefficient (Wildman–Crippen LogP) is 1.03. The number of rotatable bonds is 5. The summed E-state index contributed by atoms with van der Waals surface area (Å²) in [7, 11) is 0. The monoisotopic (exact) mass is 304 g/mol. The molecule has 0 aliphatic rings. The highest BCUT2D eigenvalue weighted by molar-refractivity contribution is 5.87. The third-order valence-electron chi connectivity index (χ3n) is 1.75. The molecule has 1 atom stereocenters. The van der Waals surface area contributed by atoms with Gasteiger partial charge >= 0.3 is 12.1 Å². The number of carbonyl (C=O) groups excluding carboxylic acids is 3. The largest absolute Gasteiger partial charge is 0.444 e. The van der Waals surface area contributed by atoms with Gasteiger partial charge in [-0.3, -0.25) is 9.68 Å². The number of carbonyl (C=O) groups is 3. The van der Waals surface area contributed by atoms with Gasteiger partial charge in [0.1, 0.15) is 17.2 Å². The lowest BCUT2D eigenvalue weighted by molar-refractivity contribution is -0.321.